The van der Waals surface area contributed by atoms with Gasteiger partial charge in [-0.05, 0) is 29.8 Å². The maximum Gasteiger partial charge on any atom is 0.335 e. The lowest BCUT2D eigenvalue weighted by Crippen LogP contribution is -2.02. The highest BCUT2D eigenvalue weighted by molar-refractivity contribution is 5.87. The van der Waals surface area contributed by atoms with Crippen molar-refractivity contribution in [2.75, 3.05) is 0 Å². The van der Waals surface area contributed by atoms with Crippen molar-refractivity contribution >= 4 is 11.7 Å². The first-order chi connectivity index (χ1) is 9.97. The number of nitro groups is 1. The lowest BCUT2D eigenvalue weighted by atomic mass is 10.1. The van der Waals surface area contributed by atoms with Gasteiger partial charge in [-0.3, -0.25) is 10.1 Å². The van der Waals surface area contributed by atoms with Crippen LogP contribution in [0.3, 0.4) is 0 Å². The normalized spacial score (nSPS) is 10.1. The summed E-state index contributed by atoms with van der Waals surface area (Å²) in [7, 11) is 0. The number of carbonyl (C=O) groups is 1. The SMILES string of the molecule is O=C(O)c1cccc(COc2ccc(F)cc2[N+](=O)[O-])c1. The van der Waals surface area contributed by atoms with Gasteiger partial charge in [0.25, 0.3) is 0 Å². The molecule has 7 heteroatoms. The molecule has 0 saturated heterocycles. The van der Waals surface area contributed by atoms with E-state index in [2.05, 4.69) is 0 Å². The average Bonchev–Trinajstić information content (AvgIpc) is 2.46. The van der Waals surface area contributed by atoms with Gasteiger partial charge in [0, 0.05) is 0 Å². The van der Waals surface area contributed by atoms with Crippen LogP contribution in [0, 0.1) is 15.9 Å². The largest absolute Gasteiger partial charge is 0.482 e. The van der Waals surface area contributed by atoms with E-state index in [1.807, 2.05) is 0 Å². The fourth-order valence-corrected chi connectivity index (χ4v) is 1.71. The number of rotatable bonds is 5. The third kappa shape index (κ3) is 3.53. The van der Waals surface area contributed by atoms with Crippen molar-refractivity contribution in [2.24, 2.45) is 0 Å². The van der Waals surface area contributed by atoms with Crippen molar-refractivity contribution < 1.29 is 24.0 Å². The van der Waals surface area contributed by atoms with Crippen molar-refractivity contribution in [3.05, 3.63) is 69.5 Å². The summed E-state index contributed by atoms with van der Waals surface area (Å²) in [5.74, 6) is -1.89. The molecule has 2 aromatic rings. The minimum absolute atomic E-state index is 0.0619. The van der Waals surface area contributed by atoms with Crippen LogP contribution in [-0.2, 0) is 6.61 Å². The van der Waals surface area contributed by atoms with E-state index >= 15 is 0 Å². The van der Waals surface area contributed by atoms with Crippen molar-refractivity contribution in [3.8, 4) is 5.75 Å². The minimum Gasteiger partial charge on any atom is -0.482 e. The molecule has 108 valence electrons. The van der Waals surface area contributed by atoms with Crippen molar-refractivity contribution in [1.29, 1.82) is 0 Å². The number of aromatic carboxylic acids is 1. The Kier molecular flexibility index (Phi) is 4.13. The van der Waals surface area contributed by atoms with Crippen LogP contribution in [0.15, 0.2) is 42.5 Å². The van der Waals surface area contributed by atoms with Crippen LogP contribution in [0.25, 0.3) is 0 Å². The molecular weight excluding hydrogens is 281 g/mol. The van der Waals surface area contributed by atoms with Crippen molar-refractivity contribution in [1.82, 2.24) is 0 Å². The number of benzene rings is 2. The summed E-state index contributed by atoms with van der Waals surface area (Å²) in [6, 6.07) is 8.97. The molecule has 0 aliphatic heterocycles. The maximum atomic E-state index is 13.0. The van der Waals surface area contributed by atoms with Gasteiger partial charge in [0.05, 0.1) is 16.6 Å². The topological polar surface area (TPSA) is 89.7 Å². The predicted molar refractivity (Wildman–Crippen MR) is 70.8 cm³/mol. The molecule has 0 radical (unpaired) electrons. The van der Waals surface area contributed by atoms with Crippen molar-refractivity contribution in [3.63, 3.8) is 0 Å². The van der Waals surface area contributed by atoms with Gasteiger partial charge < -0.3 is 9.84 Å². The Labute approximate surface area is 118 Å². The number of hydrogen-bond acceptors (Lipinski definition) is 4. The minimum atomic E-state index is -1.08. The zero-order valence-corrected chi connectivity index (χ0v) is 10.7. The average molecular weight is 291 g/mol. The lowest BCUT2D eigenvalue weighted by Gasteiger charge is -2.07. The molecule has 0 atom stereocenters. The summed E-state index contributed by atoms with van der Waals surface area (Å²) in [6.07, 6.45) is 0. The third-order valence-electron chi connectivity index (χ3n) is 2.69. The molecule has 21 heavy (non-hydrogen) atoms. The van der Waals surface area contributed by atoms with Crippen LogP contribution in [0.5, 0.6) is 5.75 Å². The van der Waals surface area contributed by atoms with Gasteiger partial charge in [-0.2, -0.15) is 0 Å². The number of nitrogens with zero attached hydrogens (tertiary/aromatic N) is 1. The number of nitro benzene ring substituents is 1. The predicted octanol–water partition coefficient (Wildman–Crippen LogP) is 3.01. The smallest absolute Gasteiger partial charge is 0.335 e. The number of hydrogen-bond donors (Lipinski definition) is 1. The number of halogens is 1. The lowest BCUT2D eigenvalue weighted by molar-refractivity contribution is -0.386. The van der Waals surface area contributed by atoms with Crippen LogP contribution in [0.2, 0.25) is 0 Å². The first-order valence-corrected chi connectivity index (χ1v) is 5.86. The van der Waals surface area contributed by atoms with E-state index in [-0.39, 0.29) is 17.9 Å². The molecular formula is C14H10FNO5. The van der Waals surface area contributed by atoms with Gasteiger partial charge in [0.2, 0.25) is 0 Å². The van der Waals surface area contributed by atoms with E-state index in [0.717, 1.165) is 18.2 Å². The second kappa shape index (κ2) is 6.00. The zero-order valence-electron chi connectivity index (χ0n) is 10.7. The van der Waals surface area contributed by atoms with E-state index in [1.54, 1.807) is 12.1 Å². The molecule has 0 heterocycles. The molecule has 0 fully saturated rings. The maximum absolute atomic E-state index is 13.0. The van der Waals surface area contributed by atoms with Gasteiger partial charge in [0.1, 0.15) is 12.4 Å². The van der Waals surface area contributed by atoms with Crippen LogP contribution in [0.4, 0.5) is 10.1 Å². The van der Waals surface area contributed by atoms with Gasteiger partial charge in [0.15, 0.2) is 5.75 Å². The van der Waals surface area contributed by atoms with Gasteiger partial charge >= 0.3 is 11.7 Å². The fraction of sp³-hybridized carbons (Fsp3) is 0.0714. The first-order valence-electron chi connectivity index (χ1n) is 5.86. The molecule has 0 unspecified atom stereocenters. The van der Waals surface area contributed by atoms with E-state index in [4.69, 9.17) is 9.84 Å². The van der Waals surface area contributed by atoms with E-state index in [9.17, 15) is 19.3 Å². The van der Waals surface area contributed by atoms with Crippen molar-refractivity contribution in [2.45, 2.75) is 6.61 Å². The Morgan fingerprint density at radius 3 is 2.71 bits per heavy atom. The summed E-state index contributed by atoms with van der Waals surface area (Å²) in [4.78, 5) is 20.9. The van der Waals surface area contributed by atoms with Crippen LogP contribution < -0.4 is 4.74 Å². The second-order valence-corrected chi connectivity index (χ2v) is 4.16. The Morgan fingerprint density at radius 2 is 2.05 bits per heavy atom. The van der Waals surface area contributed by atoms with Gasteiger partial charge in [-0.15, -0.1) is 0 Å². The molecule has 6 nitrogen and oxygen atoms in total. The fourth-order valence-electron chi connectivity index (χ4n) is 1.71. The van der Waals surface area contributed by atoms with Gasteiger partial charge in [-0.1, -0.05) is 12.1 Å². The van der Waals surface area contributed by atoms with E-state index in [1.165, 1.54) is 12.1 Å². The monoisotopic (exact) mass is 291 g/mol. The first kappa shape index (κ1) is 14.4. The molecule has 0 amide bonds. The molecule has 2 rings (SSSR count). The molecule has 1 N–H and O–H groups in total. The summed E-state index contributed by atoms with van der Waals surface area (Å²) in [5, 5.41) is 19.7. The Morgan fingerprint density at radius 1 is 1.29 bits per heavy atom. The van der Waals surface area contributed by atoms with E-state index in [0.29, 0.717) is 5.56 Å². The highest BCUT2D eigenvalue weighted by atomic mass is 19.1. The Hall–Kier alpha value is -2.96. The number of ether oxygens (including phenoxy) is 1. The number of carboxylic acid groups (broad SMARTS) is 1. The number of carboxylic acids is 1. The summed E-state index contributed by atoms with van der Waals surface area (Å²) >= 11 is 0. The summed E-state index contributed by atoms with van der Waals surface area (Å²) < 4.78 is 18.3. The molecule has 0 spiro atoms. The molecule has 0 bridgehead atoms. The molecule has 2 aromatic carbocycles. The third-order valence-corrected chi connectivity index (χ3v) is 2.69. The Balaban J connectivity index is 2.18. The molecule has 0 aliphatic rings. The second-order valence-electron chi connectivity index (χ2n) is 4.16. The van der Waals surface area contributed by atoms with E-state index < -0.39 is 22.4 Å². The standard InChI is InChI=1S/C14H10FNO5/c15-11-4-5-13(12(7-11)16(19)20)21-8-9-2-1-3-10(6-9)14(17)18/h1-7H,8H2,(H,17,18). The highest BCUT2D eigenvalue weighted by Gasteiger charge is 2.16. The quantitative estimate of drug-likeness (QED) is 0.675. The van der Waals surface area contributed by atoms with Crippen LogP contribution in [-0.4, -0.2) is 16.0 Å². The Bertz CT molecular complexity index is 702. The van der Waals surface area contributed by atoms with Crippen LogP contribution >= 0.6 is 0 Å². The molecule has 0 aliphatic carbocycles. The van der Waals surface area contributed by atoms with Gasteiger partial charge in [-0.25, -0.2) is 9.18 Å². The molecule has 0 saturated carbocycles. The highest BCUT2D eigenvalue weighted by Crippen LogP contribution is 2.28. The zero-order chi connectivity index (χ0) is 15.4. The summed E-state index contributed by atoms with van der Waals surface area (Å²) in [6.45, 7) is -0.0619. The molecule has 0 aromatic heterocycles. The van der Waals surface area contributed by atoms with Crippen LogP contribution in [0.1, 0.15) is 15.9 Å². The summed E-state index contributed by atoms with van der Waals surface area (Å²) in [5.41, 5.74) is 0.141.